The number of aromatic hydroxyl groups is 1. The zero-order valence-corrected chi connectivity index (χ0v) is 19.1. The van der Waals surface area contributed by atoms with Gasteiger partial charge in [0.15, 0.2) is 5.75 Å². The average molecular weight is 542 g/mol. The summed E-state index contributed by atoms with van der Waals surface area (Å²) >= 11 is 0. The van der Waals surface area contributed by atoms with E-state index in [1.165, 1.54) is 6.07 Å². The van der Waals surface area contributed by atoms with Crippen LogP contribution in [0.25, 0.3) is 0 Å². The fourth-order valence-electron chi connectivity index (χ4n) is 1.90. The van der Waals surface area contributed by atoms with E-state index in [1.807, 2.05) is 0 Å². The van der Waals surface area contributed by atoms with Crippen LogP contribution in [0.4, 0.5) is 26.3 Å². The Bertz CT molecular complexity index is 1270. The first-order chi connectivity index (χ1) is 15.1. The summed E-state index contributed by atoms with van der Waals surface area (Å²) in [5.74, 6) is -2.31. The number of aromatic nitrogens is 2. The molecule has 18 heteroatoms. The highest BCUT2D eigenvalue weighted by Crippen LogP contribution is 2.34. The van der Waals surface area contributed by atoms with Crippen LogP contribution in [-0.4, -0.2) is 42.9 Å². The van der Waals surface area contributed by atoms with Gasteiger partial charge in [-0.15, -0.1) is 0 Å². The quantitative estimate of drug-likeness (QED) is 0.337. The Kier molecular flexibility index (Phi) is 8.27. The number of alkyl halides is 6. The van der Waals surface area contributed by atoms with Crippen molar-refractivity contribution in [2.75, 3.05) is 0 Å². The van der Waals surface area contributed by atoms with Gasteiger partial charge in [0.25, 0.3) is 5.56 Å². The molecule has 0 bridgehead atoms. The third-order valence-electron chi connectivity index (χ3n) is 3.65. The van der Waals surface area contributed by atoms with E-state index in [4.69, 9.17) is 5.11 Å². The Morgan fingerprint density at radius 3 is 1.76 bits per heavy atom. The molecule has 0 saturated heterocycles. The van der Waals surface area contributed by atoms with E-state index >= 15 is 0 Å². The Labute approximate surface area is 188 Å². The molecular weight excluding hydrogens is 526 g/mol. The van der Waals surface area contributed by atoms with E-state index in [2.05, 4.69) is 18.3 Å². The molecule has 0 amide bonds. The monoisotopic (exact) mass is 542 g/mol. The maximum absolute atomic E-state index is 12.3. The molecule has 10 nitrogen and oxygen atoms in total. The van der Waals surface area contributed by atoms with Gasteiger partial charge in [0.05, 0.1) is 11.1 Å². The maximum Gasteiger partial charge on any atom is 0.534 e. The van der Waals surface area contributed by atoms with Gasteiger partial charge in [0.1, 0.15) is 5.75 Å². The lowest BCUT2D eigenvalue weighted by Crippen LogP contribution is -2.29. The molecule has 2 N–H and O–H groups in total. The molecule has 34 heavy (non-hydrogen) atoms. The van der Waals surface area contributed by atoms with Gasteiger partial charge in [-0.25, -0.2) is 4.98 Å². The molecule has 192 valence electrons. The van der Waals surface area contributed by atoms with Crippen molar-refractivity contribution in [1.82, 2.24) is 9.97 Å². The lowest BCUT2D eigenvalue weighted by molar-refractivity contribution is -0.0503. The summed E-state index contributed by atoms with van der Waals surface area (Å²) in [4.78, 5) is 16.7. The Morgan fingerprint density at radius 2 is 1.32 bits per heavy atom. The molecule has 0 aliphatic carbocycles. The standard InChI is InChI=1S/C9H7F6NO6S2.C7H9NO2/c1-4-3-6(21-23(17,18)8(10,11)12)5(2)7(16-4)22-24(19,20)9(13,14)15;1-4-3-6(9)5(2)7(10)8-4/h3H,1-2H3;3H,1-2H3,(H2,8,9,10). The summed E-state index contributed by atoms with van der Waals surface area (Å²) in [5, 5.41) is 9.06. The molecule has 0 atom stereocenters. The smallest absolute Gasteiger partial charge is 0.507 e. The molecule has 2 aromatic heterocycles. The van der Waals surface area contributed by atoms with Crippen LogP contribution in [0.15, 0.2) is 16.9 Å². The van der Waals surface area contributed by atoms with E-state index in [1.54, 1.807) is 13.8 Å². The number of H-pyrrole nitrogens is 1. The van der Waals surface area contributed by atoms with Crippen molar-refractivity contribution < 1.29 is 56.7 Å². The molecule has 0 fully saturated rings. The second-order valence-corrected chi connectivity index (χ2v) is 9.53. The number of aryl methyl sites for hydroxylation is 2. The van der Waals surface area contributed by atoms with Gasteiger partial charge in [-0.3, -0.25) is 4.79 Å². The Balaban J connectivity index is 0.000000479. The largest absolute Gasteiger partial charge is 0.534 e. The van der Waals surface area contributed by atoms with Crippen LogP contribution in [0.5, 0.6) is 17.4 Å². The first-order valence-electron chi connectivity index (χ1n) is 8.48. The van der Waals surface area contributed by atoms with Gasteiger partial charge in [0.2, 0.25) is 5.88 Å². The Hall–Kier alpha value is -3.02. The zero-order valence-electron chi connectivity index (χ0n) is 17.5. The minimum absolute atomic E-state index is 0.0567. The van der Waals surface area contributed by atoms with Crippen LogP contribution in [-0.2, 0) is 20.2 Å². The van der Waals surface area contributed by atoms with E-state index in [-0.39, 0.29) is 17.0 Å². The second kappa shape index (κ2) is 9.69. The highest BCUT2D eigenvalue weighted by Gasteiger charge is 2.50. The van der Waals surface area contributed by atoms with Crippen molar-refractivity contribution in [3.8, 4) is 17.4 Å². The van der Waals surface area contributed by atoms with E-state index < -0.39 is 48.4 Å². The van der Waals surface area contributed by atoms with Gasteiger partial charge in [0, 0.05) is 17.5 Å². The van der Waals surface area contributed by atoms with Crippen molar-refractivity contribution in [2.24, 2.45) is 0 Å². The molecule has 2 aromatic rings. The molecule has 2 heterocycles. The lowest BCUT2D eigenvalue weighted by atomic mass is 10.2. The van der Waals surface area contributed by atoms with Crippen LogP contribution >= 0.6 is 0 Å². The summed E-state index contributed by atoms with van der Waals surface area (Å²) in [7, 11) is -12.3. The highest BCUT2D eigenvalue weighted by atomic mass is 32.2. The third-order valence-corrected chi connectivity index (χ3v) is 5.56. The zero-order chi connectivity index (χ0) is 26.9. The summed E-state index contributed by atoms with van der Waals surface area (Å²) < 4.78 is 125. The van der Waals surface area contributed by atoms with Crippen molar-refractivity contribution in [3.63, 3.8) is 0 Å². The molecule has 0 aliphatic rings. The normalized spacial score (nSPS) is 12.5. The van der Waals surface area contributed by atoms with Crippen LogP contribution in [0.3, 0.4) is 0 Å². The maximum atomic E-state index is 12.3. The van der Waals surface area contributed by atoms with E-state index in [0.29, 0.717) is 17.3 Å². The van der Waals surface area contributed by atoms with Crippen molar-refractivity contribution in [1.29, 1.82) is 0 Å². The van der Waals surface area contributed by atoms with Crippen molar-refractivity contribution in [2.45, 2.75) is 38.7 Å². The van der Waals surface area contributed by atoms with Crippen LogP contribution in [0.1, 0.15) is 22.5 Å². The SMILES string of the molecule is Cc1cc(O)c(C)c(=O)[nH]1.Cc1cc(OS(=O)(=O)C(F)(F)F)c(C)c(OS(=O)(=O)C(F)(F)F)n1. The predicted molar refractivity (Wildman–Crippen MR) is 103 cm³/mol. The number of rotatable bonds is 4. The van der Waals surface area contributed by atoms with Gasteiger partial charge < -0.3 is 18.5 Å². The van der Waals surface area contributed by atoms with E-state index in [9.17, 15) is 48.0 Å². The molecule has 0 spiro atoms. The summed E-state index contributed by atoms with van der Waals surface area (Å²) in [6.07, 6.45) is 0. The summed E-state index contributed by atoms with van der Waals surface area (Å²) in [6, 6.07) is 2.17. The average Bonchev–Trinajstić information content (AvgIpc) is 2.61. The molecule has 0 unspecified atom stereocenters. The highest BCUT2D eigenvalue weighted by molar-refractivity contribution is 7.88. The molecule has 0 aromatic carbocycles. The fourth-order valence-corrected chi connectivity index (χ4v) is 2.87. The third kappa shape index (κ3) is 6.99. The number of hydrogen-bond acceptors (Lipinski definition) is 9. The minimum atomic E-state index is -6.17. The number of aromatic amines is 1. The van der Waals surface area contributed by atoms with Gasteiger partial charge in [-0.1, -0.05) is 0 Å². The summed E-state index contributed by atoms with van der Waals surface area (Å²) in [5.41, 5.74) is -12.0. The number of hydrogen-bond donors (Lipinski definition) is 2. The first kappa shape index (κ1) is 29.0. The van der Waals surface area contributed by atoms with Crippen molar-refractivity contribution >= 4 is 20.2 Å². The fraction of sp³-hybridized carbons (Fsp3) is 0.375. The van der Waals surface area contributed by atoms with Crippen LogP contribution in [0.2, 0.25) is 0 Å². The summed E-state index contributed by atoms with van der Waals surface area (Å²) in [6.45, 7) is 5.09. The number of halogens is 6. The number of pyridine rings is 2. The molecule has 2 rings (SSSR count). The second-order valence-electron chi connectivity index (χ2n) is 6.45. The first-order valence-corrected chi connectivity index (χ1v) is 11.3. The number of nitrogens with zero attached hydrogens (tertiary/aromatic N) is 1. The van der Waals surface area contributed by atoms with Crippen LogP contribution in [0, 0.1) is 27.7 Å². The van der Waals surface area contributed by atoms with Gasteiger partial charge in [-0.2, -0.15) is 43.2 Å². The molecule has 0 aliphatic heterocycles. The number of nitrogens with one attached hydrogen (secondary N) is 1. The van der Waals surface area contributed by atoms with Crippen LogP contribution < -0.4 is 13.9 Å². The molecule has 0 saturated carbocycles. The minimum Gasteiger partial charge on any atom is -0.507 e. The van der Waals surface area contributed by atoms with E-state index in [0.717, 1.165) is 13.8 Å². The van der Waals surface area contributed by atoms with Crippen molar-refractivity contribution in [3.05, 3.63) is 45.0 Å². The lowest BCUT2D eigenvalue weighted by Gasteiger charge is -2.15. The molecular formula is C16H16F6N2O8S2. The van der Waals surface area contributed by atoms with Gasteiger partial charge >= 0.3 is 31.3 Å². The predicted octanol–water partition coefficient (Wildman–Crippen LogP) is 2.85. The molecule has 0 radical (unpaired) electrons. The Morgan fingerprint density at radius 1 is 0.853 bits per heavy atom. The van der Waals surface area contributed by atoms with Gasteiger partial charge in [-0.05, 0) is 33.8 Å². The topological polar surface area (TPSA) is 153 Å².